The van der Waals surface area contributed by atoms with Crippen molar-refractivity contribution in [2.75, 3.05) is 27.3 Å². The van der Waals surface area contributed by atoms with Crippen LogP contribution < -0.4 is 14.8 Å². The van der Waals surface area contributed by atoms with Gasteiger partial charge in [-0.2, -0.15) is 5.26 Å². The van der Waals surface area contributed by atoms with Crippen LogP contribution in [0.2, 0.25) is 0 Å². The molecule has 0 spiro atoms. The summed E-state index contributed by atoms with van der Waals surface area (Å²) in [7, 11) is 3.28. The summed E-state index contributed by atoms with van der Waals surface area (Å²) < 4.78 is 11.1. The van der Waals surface area contributed by atoms with Gasteiger partial charge >= 0.3 is 0 Å². The van der Waals surface area contributed by atoms with Crippen molar-refractivity contribution < 1.29 is 14.3 Å². The number of carbonyl (C=O) groups excluding carboxylic acids is 1. The molecule has 1 amide bonds. The van der Waals surface area contributed by atoms with E-state index in [2.05, 4.69) is 28.4 Å². The molecule has 0 radical (unpaired) electrons. The van der Waals surface area contributed by atoms with E-state index < -0.39 is 5.54 Å². The lowest BCUT2D eigenvalue weighted by Crippen LogP contribution is -2.51. The van der Waals surface area contributed by atoms with Crippen molar-refractivity contribution in [1.29, 1.82) is 5.26 Å². The van der Waals surface area contributed by atoms with Gasteiger partial charge in [0.05, 0.1) is 32.9 Å². The lowest BCUT2D eigenvalue weighted by Gasteiger charge is -2.38. The second-order valence-corrected chi connectivity index (χ2v) is 8.58. The molecule has 2 aliphatic rings. The van der Waals surface area contributed by atoms with Gasteiger partial charge in [0, 0.05) is 6.54 Å². The molecule has 6 heteroatoms. The molecular formula is C25H29N3O3. The van der Waals surface area contributed by atoms with Crippen molar-refractivity contribution in [2.45, 2.75) is 37.8 Å². The topological polar surface area (TPSA) is 74.6 Å². The molecule has 1 heterocycles. The second kappa shape index (κ2) is 8.60. The number of nitrogens with one attached hydrogen (secondary N) is 1. The van der Waals surface area contributed by atoms with Gasteiger partial charge in [0.15, 0.2) is 11.5 Å². The molecule has 0 bridgehead atoms. The molecule has 31 heavy (non-hydrogen) atoms. The maximum absolute atomic E-state index is 13.0. The van der Waals surface area contributed by atoms with E-state index in [1.54, 1.807) is 14.2 Å². The Morgan fingerprint density at radius 2 is 1.87 bits per heavy atom. The molecule has 0 unspecified atom stereocenters. The first-order valence-corrected chi connectivity index (χ1v) is 10.7. The number of carbonyl (C=O) groups is 1. The summed E-state index contributed by atoms with van der Waals surface area (Å²) in [6.07, 6.45) is 2.80. The van der Waals surface area contributed by atoms with Crippen molar-refractivity contribution in [1.82, 2.24) is 10.2 Å². The summed E-state index contributed by atoms with van der Waals surface area (Å²) in [6, 6.07) is 16.5. The van der Waals surface area contributed by atoms with Gasteiger partial charge in [0.2, 0.25) is 5.91 Å². The lowest BCUT2D eigenvalue weighted by molar-refractivity contribution is -0.124. The minimum Gasteiger partial charge on any atom is -0.493 e. The molecular weight excluding hydrogens is 390 g/mol. The van der Waals surface area contributed by atoms with Crippen LogP contribution in [0.3, 0.4) is 0 Å². The third-order valence-corrected chi connectivity index (χ3v) is 6.46. The average Bonchev–Trinajstić information content (AvgIpc) is 3.64. The highest BCUT2D eigenvalue weighted by Gasteiger charge is 2.43. The largest absolute Gasteiger partial charge is 0.493 e. The van der Waals surface area contributed by atoms with E-state index in [1.165, 1.54) is 5.56 Å². The van der Waals surface area contributed by atoms with E-state index >= 15 is 0 Å². The van der Waals surface area contributed by atoms with Crippen LogP contribution in [0.25, 0.3) is 0 Å². The van der Waals surface area contributed by atoms with Crippen molar-refractivity contribution >= 4 is 5.91 Å². The van der Waals surface area contributed by atoms with Crippen LogP contribution in [0.5, 0.6) is 11.5 Å². The molecule has 0 saturated heterocycles. The van der Waals surface area contributed by atoms with Crippen LogP contribution in [-0.4, -0.2) is 43.7 Å². The van der Waals surface area contributed by atoms with Gasteiger partial charge in [0.1, 0.15) is 5.54 Å². The van der Waals surface area contributed by atoms with Gasteiger partial charge in [-0.15, -0.1) is 0 Å². The van der Waals surface area contributed by atoms with Gasteiger partial charge in [-0.05, 0) is 60.9 Å². The summed E-state index contributed by atoms with van der Waals surface area (Å²) in [6.45, 7) is 2.80. The zero-order valence-corrected chi connectivity index (χ0v) is 18.4. The van der Waals surface area contributed by atoms with Crippen LogP contribution >= 0.6 is 0 Å². The molecule has 2 aromatic rings. The molecule has 1 N–H and O–H groups in total. The highest BCUT2D eigenvalue weighted by atomic mass is 16.5. The number of hydrogen-bond acceptors (Lipinski definition) is 5. The SMILES string of the molecule is COc1cc2c(cc1OC)[C@H](c1ccccc1)N(CC(=O)N[C@](C)(C#N)C1CC1)CC2. The maximum Gasteiger partial charge on any atom is 0.235 e. The Hall–Kier alpha value is -3.04. The maximum atomic E-state index is 13.0. The quantitative estimate of drug-likeness (QED) is 0.744. The zero-order chi connectivity index (χ0) is 22.0. The Kier molecular flexibility index (Phi) is 5.88. The highest BCUT2D eigenvalue weighted by molar-refractivity contribution is 5.79. The first kappa shape index (κ1) is 21.2. The molecule has 162 valence electrons. The Morgan fingerprint density at radius 3 is 2.48 bits per heavy atom. The normalized spacial score (nSPS) is 20.1. The standard InChI is InChI=1S/C25H29N3O3/c1-25(16-26,19-9-10-19)27-23(29)15-28-12-11-18-13-21(30-2)22(31-3)14-20(18)24(28)17-7-5-4-6-8-17/h4-8,13-14,19,24H,9-12,15H2,1-3H3,(H,27,29)/t24-,25+/m0/s1. The summed E-state index contributed by atoms with van der Waals surface area (Å²) in [5.74, 6) is 1.54. The number of nitrogens with zero attached hydrogens (tertiary/aromatic N) is 2. The third kappa shape index (κ3) is 4.24. The number of rotatable bonds is 7. The van der Waals surface area contributed by atoms with Crippen molar-refractivity contribution in [3.05, 3.63) is 59.2 Å². The predicted molar refractivity (Wildman–Crippen MR) is 118 cm³/mol. The van der Waals surface area contributed by atoms with Crippen molar-refractivity contribution in [3.63, 3.8) is 0 Å². The van der Waals surface area contributed by atoms with Crippen LogP contribution in [0.4, 0.5) is 0 Å². The third-order valence-electron chi connectivity index (χ3n) is 6.46. The van der Waals surface area contributed by atoms with E-state index in [1.807, 2.05) is 37.3 Å². The first-order chi connectivity index (χ1) is 15.0. The number of amides is 1. The Labute approximate surface area is 183 Å². The summed E-state index contributed by atoms with van der Waals surface area (Å²) in [5.41, 5.74) is 2.65. The Bertz CT molecular complexity index is 997. The van der Waals surface area contributed by atoms with Crippen LogP contribution in [0.1, 0.15) is 42.5 Å². The summed E-state index contributed by atoms with van der Waals surface area (Å²) in [5, 5.41) is 12.6. The van der Waals surface area contributed by atoms with E-state index in [9.17, 15) is 10.1 Å². The molecule has 1 fully saturated rings. The fourth-order valence-corrected chi connectivity index (χ4v) is 4.59. The monoisotopic (exact) mass is 419 g/mol. The Balaban J connectivity index is 1.65. The fourth-order valence-electron chi connectivity index (χ4n) is 4.59. The van der Waals surface area contributed by atoms with Gasteiger partial charge in [-0.3, -0.25) is 9.69 Å². The molecule has 2 aromatic carbocycles. The molecule has 6 nitrogen and oxygen atoms in total. The van der Waals surface area contributed by atoms with Gasteiger partial charge < -0.3 is 14.8 Å². The zero-order valence-electron chi connectivity index (χ0n) is 18.4. The second-order valence-electron chi connectivity index (χ2n) is 8.58. The number of methoxy groups -OCH3 is 2. The van der Waals surface area contributed by atoms with Crippen molar-refractivity contribution in [3.8, 4) is 17.6 Å². The van der Waals surface area contributed by atoms with E-state index in [4.69, 9.17) is 9.47 Å². The minimum absolute atomic E-state index is 0.0789. The molecule has 4 rings (SSSR count). The Morgan fingerprint density at radius 1 is 1.19 bits per heavy atom. The van der Waals surface area contributed by atoms with Gasteiger partial charge in [-0.1, -0.05) is 30.3 Å². The molecule has 2 atom stereocenters. The fraction of sp³-hybridized carbons (Fsp3) is 0.440. The van der Waals surface area contributed by atoms with Gasteiger partial charge in [0.25, 0.3) is 0 Å². The molecule has 1 saturated carbocycles. The average molecular weight is 420 g/mol. The van der Waals surface area contributed by atoms with Crippen molar-refractivity contribution in [2.24, 2.45) is 5.92 Å². The smallest absolute Gasteiger partial charge is 0.235 e. The van der Waals surface area contributed by atoms with Crippen LogP contribution in [0, 0.1) is 17.2 Å². The first-order valence-electron chi connectivity index (χ1n) is 10.7. The number of nitriles is 1. The van der Waals surface area contributed by atoms with Crippen LogP contribution in [0.15, 0.2) is 42.5 Å². The van der Waals surface area contributed by atoms with Crippen LogP contribution in [-0.2, 0) is 11.2 Å². The van der Waals surface area contributed by atoms with E-state index in [0.717, 1.165) is 36.9 Å². The summed E-state index contributed by atoms with van der Waals surface area (Å²) >= 11 is 0. The highest BCUT2D eigenvalue weighted by Crippen LogP contribution is 2.41. The van der Waals surface area contributed by atoms with E-state index in [0.29, 0.717) is 11.5 Å². The number of fused-ring (bicyclic) bond motifs is 1. The van der Waals surface area contributed by atoms with E-state index in [-0.39, 0.29) is 24.4 Å². The predicted octanol–water partition coefficient (Wildman–Crippen LogP) is 3.46. The molecule has 1 aliphatic heterocycles. The summed E-state index contributed by atoms with van der Waals surface area (Å²) in [4.78, 5) is 15.2. The molecule has 1 aliphatic carbocycles. The number of benzene rings is 2. The van der Waals surface area contributed by atoms with Gasteiger partial charge in [-0.25, -0.2) is 0 Å². The number of hydrogen-bond donors (Lipinski definition) is 1. The lowest BCUT2D eigenvalue weighted by atomic mass is 9.87. The molecule has 0 aromatic heterocycles. The minimum atomic E-state index is -0.788. The number of ether oxygens (including phenoxy) is 2.